The van der Waals surface area contributed by atoms with Crippen LogP contribution in [0.5, 0.6) is 0 Å². The zero-order chi connectivity index (χ0) is 12.3. The summed E-state index contributed by atoms with van der Waals surface area (Å²) in [6, 6.07) is 4.33. The maximum Gasteiger partial charge on any atom is 0.0640 e. The molecule has 0 aliphatic carbocycles. The van der Waals surface area contributed by atoms with Gasteiger partial charge in [-0.2, -0.15) is 0 Å². The zero-order valence-electron chi connectivity index (χ0n) is 9.90. The maximum atomic E-state index is 6.21. The van der Waals surface area contributed by atoms with Gasteiger partial charge in [0.2, 0.25) is 0 Å². The highest BCUT2D eigenvalue weighted by atomic mass is 35.5. The molecule has 0 aliphatic heterocycles. The molecule has 0 radical (unpaired) electrons. The van der Waals surface area contributed by atoms with Gasteiger partial charge in [0.25, 0.3) is 0 Å². The van der Waals surface area contributed by atoms with Crippen LogP contribution in [0.15, 0.2) is 29.9 Å². The predicted octanol–water partition coefficient (Wildman–Crippen LogP) is 3.80. The average Bonchev–Trinajstić information content (AvgIpc) is 2.74. The molecule has 0 saturated carbocycles. The van der Waals surface area contributed by atoms with Crippen LogP contribution in [0.1, 0.15) is 29.0 Å². The summed E-state index contributed by atoms with van der Waals surface area (Å²) in [5.74, 6) is 0. The molecule has 17 heavy (non-hydrogen) atoms. The van der Waals surface area contributed by atoms with E-state index in [0.29, 0.717) is 5.02 Å². The third-order valence-corrected chi connectivity index (χ3v) is 3.80. The highest BCUT2D eigenvalue weighted by molar-refractivity contribution is 7.10. The van der Waals surface area contributed by atoms with Crippen LogP contribution in [-0.4, -0.2) is 11.5 Å². The molecule has 0 bridgehead atoms. The standard InChI is InChI=1S/C13H15ClN2S/c1-3-16-13(10-6-9(2)17-8-10)11-4-5-15-7-12(11)14/h4-8,13,16H,3H2,1-2H3. The minimum absolute atomic E-state index is 0.153. The topological polar surface area (TPSA) is 24.9 Å². The van der Waals surface area contributed by atoms with E-state index in [9.17, 15) is 0 Å². The molecule has 2 aromatic heterocycles. The van der Waals surface area contributed by atoms with Gasteiger partial charge < -0.3 is 5.32 Å². The summed E-state index contributed by atoms with van der Waals surface area (Å²) in [7, 11) is 0. The van der Waals surface area contributed by atoms with E-state index in [0.717, 1.165) is 12.1 Å². The van der Waals surface area contributed by atoms with Gasteiger partial charge in [-0.3, -0.25) is 4.98 Å². The van der Waals surface area contributed by atoms with Gasteiger partial charge in [0, 0.05) is 17.3 Å². The number of rotatable bonds is 4. The molecule has 0 aliphatic rings. The number of nitrogens with one attached hydrogen (secondary N) is 1. The SMILES string of the molecule is CCNC(c1csc(C)c1)c1ccncc1Cl. The average molecular weight is 267 g/mol. The van der Waals surface area contributed by atoms with Crippen molar-refractivity contribution in [2.45, 2.75) is 19.9 Å². The Morgan fingerprint density at radius 1 is 1.53 bits per heavy atom. The fraction of sp³-hybridized carbons (Fsp3) is 0.308. The monoisotopic (exact) mass is 266 g/mol. The van der Waals surface area contributed by atoms with E-state index < -0.39 is 0 Å². The minimum atomic E-state index is 0.153. The van der Waals surface area contributed by atoms with Gasteiger partial charge in [-0.1, -0.05) is 18.5 Å². The van der Waals surface area contributed by atoms with E-state index in [1.165, 1.54) is 10.4 Å². The molecule has 0 aromatic carbocycles. The molecular formula is C13H15ClN2S. The Kier molecular flexibility index (Phi) is 4.15. The summed E-state index contributed by atoms with van der Waals surface area (Å²) >= 11 is 7.97. The van der Waals surface area contributed by atoms with Crippen LogP contribution in [0.2, 0.25) is 5.02 Å². The van der Waals surface area contributed by atoms with Crippen LogP contribution < -0.4 is 5.32 Å². The quantitative estimate of drug-likeness (QED) is 0.910. The Bertz CT molecular complexity index is 496. The molecule has 0 spiro atoms. The van der Waals surface area contributed by atoms with Crippen molar-refractivity contribution in [2.75, 3.05) is 6.54 Å². The van der Waals surface area contributed by atoms with Crippen LogP contribution in [-0.2, 0) is 0 Å². The van der Waals surface area contributed by atoms with Gasteiger partial charge in [-0.25, -0.2) is 0 Å². The van der Waals surface area contributed by atoms with Crippen molar-refractivity contribution < 1.29 is 0 Å². The molecule has 4 heteroatoms. The Morgan fingerprint density at radius 2 is 2.35 bits per heavy atom. The first kappa shape index (κ1) is 12.6. The summed E-state index contributed by atoms with van der Waals surface area (Å²) in [4.78, 5) is 5.34. The third kappa shape index (κ3) is 2.86. The largest absolute Gasteiger partial charge is 0.306 e. The van der Waals surface area contributed by atoms with Crippen LogP contribution >= 0.6 is 22.9 Å². The third-order valence-electron chi connectivity index (χ3n) is 2.61. The van der Waals surface area contributed by atoms with Gasteiger partial charge >= 0.3 is 0 Å². The molecule has 2 rings (SSSR count). The second kappa shape index (κ2) is 5.63. The normalized spacial score (nSPS) is 12.6. The Morgan fingerprint density at radius 3 is 2.94 bits per heavy atom. The number of pyridine rings is 1. The molecule has 0 saturated heterocycles. The first-order valence-corrected chi connectivity index (χ1v) is 6.86. The van der Waals surface area contributed by atoms with E-state index in [-0.39, 0.29) is 6.04 Å². The molecule has 1 unspecified atom stereocenters. The Balaban J connectivity index is 2.39. The molecule has 1 N–H and O–H groups in total. The van der Waals surface area contributed by atoms with Crippen molar-refractivity contribution in [3.63, 3.8) is 0 Å². The smallest absolute Gasteiger partial charge is 0.0640 e. The lowest BCUT2D eigenvalue weighted by Gasteiger charge is -2.18. The van der Waals surface area contributed by atoms with Crippen LogP contribution in [0, 0.1) is 6.92 Å². The van der Waals surface area contributed by atoms with Gasteiger partial charge in [0.15, 0.2) is 0 Å². The van der Waals surface area contributed by atoms with Crippen molar-refractivity contribution in [1.29, 1.82) is 0 Å². The van der Waals surface area contributed by atoms with E-state index in [4.69, 9.17) is 11.6 Å². The first-order chi connectivity index (χ1) is 8.22. The molecule has 0 amide bonds. The van der Waals surface area contributed by atoms with Crippen molar-refractivity contribution in [3.05, 3.63) is 50.9 Å². The van der Waals surface area contributed by atoms with Crippen molar-refractivity contribution >= 4 is 22.9 Å². The predicted molar refractivity (Wildman–Crippen MR) is 73.8 cm³/mol. The minimum Gasteiger partial charge on any atom is -0.306 e. The Labute approximate surface area is 111 Å². The molecule has 2 aromatic rings. The summed E-state index contributed by atoms with van der Waals surface area (Å²) in [6.07, 6.45) is 3.48. The number of nitrogens with zero attached hydrogens (tertiary/aromatic N) is 1. The van der Waals surface area contributed by atoms with Crippen molar-refractivity contribution in [2.24, 2.45) is 0 Å². The second-order valence-corrected chi connectivity index (χ2v) is 5.40. The number of aryl methyl sites for hydroxylation is 1. The van der Waals surface area contributed by atoms with Crippen LogP contribution in [0.4, 0.5) is 0 Å². The zero-order valence-corrected chi connectivity index (χ0v) is 11.5. The van der Waals surface area contributed by atoms with Crippen molar-refractivity contribution in [1.82, 2.24) is 10.3 Å². The van der Waals surface area contributed by atoms with Gasteiger partial charge in [0.05, 0.1) is 11.1 Å². The number of halogens is 1. The molecule has 1 atom stereocenters. The lowest BCUT2D eigenvalue weighted by atomic mass is 10.0. The number of hydrogen-bond donors (Lipinski definition) is 1. The van der Waals surface area contributed by atoms with E-state index in [1.54, 1.807) is 23.7 Å². The maximum absolute atomic E-state index is 6.21. The summed E-state index contributed by atoms with van der Waals surface area (Å²) in [6.45, 7) is 5.12. The number of aromatic nitrogens is 1. The summed E-state index contributed by atoms with van der Waals surface area (Å²) < 4.78 is 0. The van der Waals surface area contributed by atoms with Gasteiger partial charge in [0.1, 0.15) is 0 Å². The van der Waals surface area contributed by atoms with Gasteiger partial charge in [-0.15, -0.1) is 11.3 Å². The molecule has 2 nitrogen and oxygen atoms in total. The molecular weight excluding hydrogens is 252 g/mol. The highest BCUT2D eigenvalue weighted by Crippen LogP contribution is 2.30. The molecule has 90 valence electrons. The summed E-state index contributed by atoms with van der Waals surface area (Å²) in [5, 5.41) is 6.35. The highest BCUT2D eigenvalue weighted by Gasteiger charge is 2.16. The van der Waals surface area contributed by atoms with E-state index in [2.05, 4.69) is 35.6 Å². The van der Waals surface area contributed by atoms with E-state index >= 15 is 0 Å². The van der Waals surface area contributed by atoms with Crippen LogP contribution in [0.3, 0.4) is 0 Å². The fourth-order valence-corrected chi connectivity index (χ4v) is 2.81. The molecule has 2 heterocycles. The lowest BCUT2D eigenvalue weighted by Crippen LogP contribution is -2.21. The number of thiophene rings is 1. The Hall–Kier alpha value is -0.900. The first-order valence-electron chi connectivity index (χ1n) is 5.60. The summed E-state index contributed by atoms with van der Waals surface area (Å²) in [5.41, 5.74) is 2.35. The van der Waals surface area contributed by atoms with Gasteiger partial charge in [-0.05, 0) is 42.1 Å². The fourth-order valence-electron chi connectivity index (χ4n) is 1.85. The second-order valence-electron chi connectivity index (χ2n) is 3.88. The van der Waals surface area contributed by atoms with E-state index in [1.807, 2.05) is 6.07 Å². The molecule has 0 fully saturated rings. The van der Waals surface area contributed by atoms with Crippen molar-refractivity contribution in [3.8, 4) is 0 Å². The number of hydrogen-bond acceptors (Lipinski definition) is 3. The van der Waals surface area contributed by atoms with Crippen LogP contribution in [0.25, 0.3) is 0 Å². The lowest BCUT2D eigenvalue weighted by molar-refractivity contribution is 0.631.